The molecule has 2 amide bonds. The monoisotopic (exact) mass is 314 g/mol. The average Bonchev–Trinajstić information content (AvgIpc) is 2.91. The van der Waals surface area contributed by atoms with Crippen molar-refractivity contribution in [1.82, 2.24) is 5.32 Å². The molecule has 1 aliphatic rings. The Morgan fingerprint density at radius 2 is 2.25 bits per heavy atom. The molecule has 20 heavy (non-hydrogen) atoms. The SMILES string of the molecule is O=C(NCC1CCCS1)Nc1ccc(Cl)cc1C(=O)O. The topological polar surface area (TPSA) is 78.4 Å². The number of anilines is 1. The van der Waals surface area contributed by atoms with E-state index in [0.29, 0.717) is 16.8 Å². The number of amides is 2. The van der Waals surface area contributed by atoms with Gasteiger partial charge in [0.05, 0.1) is 11.3 Å². The third-order valence-electron chi connectivity index (χ3n) is 2.97. The van der Waals surface area contributed by atoms with Gasteiger partial charge in [0.15, 0.2) is 0 Å². The van der Waals surface area contributed by atoms with Crippen LogP contribution in [0.25, 0.3) is 0 Å². The van der Waals surface area contributed by atoms with E-state index in [1.54, 1.807) is 0 Å². The molecule has 0 aromatic heterocycles. The smallest absolute Gasteiger partial charge is 0.337 e. The standard InChI is InChI=1S/C13H15ClN2O3S/c14-8-3-4-11(10(6-8)12(17)18)16-13(19)15-7-9-2-1-5-20-9/h3-4,6,9H,1-2,5,7H2,(H,17,18)(H2,15,16,19). The van der Waals surface area contributed by atoms with Gasteiger partial charge in [0.25, 0.3) is 0 Å². The molecule has 0 bridgehead atoms. The first kappa shape index (κ1) is 15.0. The van der Waals surface area contributed by atoms with Crippen LogP contribution < -0.4 is 10.6 Å². The van der Waals surface area contributed by atoms with E-state index in [1.165, 1.54) is 24.6 Å². The number of carbonyl (C=O) groups excluding carboxylic acids is 1. The zero-order chi connectivity index (χ0) is 14.5. The van der Waals surface area contributed by atoms with Crippen molar-refractivity contribution in [2.45, 2.75) is 18.1 Å². The average molecular weight is 315 g/mol. The van der Waals surface area contributed by atoms with Crippen molar-refractivity contribution in [3.63, 3.8) is 0 Å². The first-order valence-corrected chi connectivity index (χ1v) is 7.68. The van der Waals surface area contributed by atoms with Gasteiger partial charge in [-0.3, -0.25) is 0 Å². The van der Waals surface area contributed by atoms with E-state index in [1.807, 2.05) is 11.8 Å². The number of aromatic carboxylic acids is 1. The summed E-state index contributed by atoms with van der Waals surface area (Å²) in [6, 6.07) is 3.93. The summed E-state index contributed by atoms with van der Waals surface area (Å²) in [7, 11) is 0. The van der Waals surface area contributed by atoms with Crippen molar-refractivity contribution in [3.05, 3.63) is 28.8 Å². The van der Waals surface area contributed by atoms with Crippen LogP contribution in [0, 0.1) is 0 Å². The number of carbonyl (C=O) groups is 2. The van der Waals surface area contributed by atoms with Crippen molar-refractivity contribution in [3.8, 4) is 0 Å². The first-order valence-electron chi connectivity index (χ1n) is 6.25. The molecule has 1 saturated heterocycles. The van der Waals surface area contributed by atoms with E-state index in [4.69, 9.17) is 16.7 Å². The number of carboxylic acid groups (broad SMARTS) is 1. The maximum Gasteiger partial charge on any atom is 0.337 e. The highest BCUT2D eigenvalue weighted by atomic mass is 35.5. The number of benzene rings is 1. The molecule has 1 fully saturated rings. The molecule has 1 aromatic rings. The van der Waals surface area contributed by atoms with Gasteiger partial charge in [-0.2, -0.15) is 11.8 Å². The molecule has 1 atom stereocenters. The number of nitrogens with one attached hydrogen (secondary N) is 2. The molecule has 108 valence electrons. The number of hydrogen-bond donors (Lipinski definition) is 3. The summed E-state index contributed by atoms with van der Waals surface area (Å²) in [5.74, 6) is 0.00283. The lowest BCUT2D eigenvalue weighted by molar-refractivity contribution is 0.0698. The predicted molar refractivity (Wildman–Crippen MR) is 80.9 cm³/mol. The van der Waals surface area contributed by atoms with Gasteiger partial charge in [-0.15, -0.1) is 0 Å². The number of thioether (sulfide) groups is 1. The molecule has 1 aromatic carbocycles. The van der Waals surface area contributed by atoms with Crippen LogP contribution >= 0.6 is 23.4 Å². The van der Waals surface area contributed by atoms with E-state index in [-0.39, 0.29) is 11.3 Å². The predicted octanol–water partition coefficient (Wildman–Crippen LogP) is 3.06. The molecule has 2 rings (SSSR count). The second-order valence-corrected chi connectivity index (χ2v) is 6.31. The van der Waals surface area contributed by atoms with Gasteiger partial charge in [-0.05, 0) is 36.8 Å². The fraction of sp³-hybridized carbons (Fsp3) is 0.385. The van der Waals surface area contributed by atoms with E-state index < -0.39 is 12.0 Å². The third kappa shape index (κ3) is 4.05. The van der Waals surface area contributed by atoms with Gasteiger partial charge < -0.3 is 15.7 Å². The maximum absolute atomic E-state index is 11.8. The zero-order valence-corrected chi connectivity index (χ0v) is 12.3. The summed E-state index contributed by atoms with van der Waals surface area (Å²) in [6.45, 7) is 0.590. The number of carboxylic acids is 1. The van der Waals surface area contributed by atoms with Crippen molar-refractivity contribution in [2.24, 2.45) is 0 Å². The van der Waals surface area contributed by atoms with Crippen molar-refractivity contribution >= 4 is 41.1 Å². The Hall–Kier alpha value is -1.40. The van der Waals surface area contributed by atoms with Gasteiger partial charge in [0.1, 0.15) is 0 Å². The van der Waals surface area contributed by atoms with Gasteiger partial charge >= 0.3 is 12.0 Å². The highest BCUT2D eigenvalue weighted by molar-refractivity contribution is 8.00. The van der Waals surface area contributed by atoms with E-state index in [9.17, 15) is 9.59 Å². The molecule has 1 heterocycles. The summed E-state index contributed by atoms with van der Waals surface area (Å²) in [4.78, 5) is 22.9. The molecule has 1 unspecified atom stereocenters. The van der Waals surface area contributed by atoms with E-state index in [2.05, 4.69) is 10.6 Å². The van der Waals surface area contributed by atoms with E-state index in [0.717, 1.165) is 12.2 Å². The van der Waals surface area contributed by atoms with Crippen LogP contribution in [0.15, 0.2) is 18.2 Å². The van der Waals surface area contributed by atoms with Crippen molar-refractivity contribution < 1.29 is 14.7 Å². The second-order valence-electron chi connectivity index (χ2n) is 4.47. The van der Waals surface area contributed by atoms with Crippen LogP contribution in [0.4, 0.5) is 10.5 Å². The third-order valence-corrected chi connectivity index (χ3v) is 4.61. The first-order chi connectivity index (χ1) is 9.56. The lowest BCUT2D eigenvalue weighted by Crippen LogP contribution is -2.33. The number of rotatable bonds is 4. The summed E-state index contributed by atoms with van der Waals surface area (Å²) >= 11 is 7.60. The van der Waals surface area contributed by atoms with Crippen molar-refractivity contribution in [2.75, 3.05) is 17.6 Å². The Bertz CT molecular complexity index is 518. The molecule has 0 saturated carbocycles. The van der Waals surface area contributed by atoms with Crippen LogP contribution in [0.3, 0.4) is 0 Å². The van der Waals surface area contributed by atoms with Gasteiger partial charge in [-0.25, -0.2) is 9.59 Å². The molecule has 5 nitrogen and oxygen atoms in total. The quantitative estimate of drug-likeness (QED) is 0.798. The lowest BCUT2D eigenvalue weighted by atomic mass is 10.2. The van der Waals surface area contributed by atoms with Crippen LogP contribution in [-0.4, -0.2) is 34.7 Å². The van der Waals surface area contributed by atoms with Gasteiger partial charge in [0, 0.05) is 16.8 Å². The zero-order valence-electron chi connectivity index (χ0n) is 10.7. The van der Waals surface area contributed by atoms with Crippen LogP contribution in [0.1, 0.15) is 23.2 Å². The molecule has 0 aliphatic carbocycles. The highest BCUT2D eigenvalue weighted by Gasteiger charge is 2.17. The van der Waals surface area contributed by atoms with Crippen LogP contribution in [-0.2, 0) is 0 Å². The summed E-state index contributed by atoms with van der Waals surface area (Å²) < 4.78 is 0. The second kappa shape index (κ2) is 6.85. The normalized spacial score (nSPS) is 17.8. The molecule has 0 radical (unpaired) electrons. The minimum atomic E-state index is -1.13. The summed E-state index contributed by atoms with van der Waals surface area (Å²) in [6.07, 6.45) is 2.28. The van der Waals surface area contributed by atoms with Gasteiger partial charge in [-0.1, -0.05) is 11.6 Å². The largest absolute Gasteiger partial charge is 0.478 e. The number of halogens is 1. The summed E-state index contributed by atoms with van der Waals surface area (Å²) in [5, 5.41) is 15.1. The minimum absolute atomic E-state index is 0.0251. The fourth-order valence-electron chi connectivity index (χ4n) is 1.98. The minimum Gasteiger partial charge on any atom is -0.478 e. The molecule has 1 aliphatic heterocycles. The molecule has 3 N–H and O–H groups in total. The van der Waals surface area contributed by atoms with Gasteiger partial charge in [0.2, 0.25) is 0 Å². The molecule has 7 heteroatoms. The molecular formula is C13H15ClN2O3S. The number of urea groups is 1. The maximum atomic E-state index is 11.8. The molecular weight excluding hydrogens is 300 g/mol. The van der Waals surface area contributed by atoms with Crippen LogP contribution in [0.2, 0.25) is 5.02 Å². The lowest BCUT2D eigenvalue weighted by Gasteiger charge is -2.12. The Kier molecular flexibility index (Phi) is 5.14. The van der Waals surface area contributed by atoms with Crippen LogP contribution in [0.5, 0.6) is 0 Å². The Morgan fingerprint density at radius 3 is 2.90 bits per heavy atom. The Labute approximate surface area is 126 Å². The Morgan fingerprint density at radius 1 is 1.45 bits per heavy atom. The highest BCUT2D eigenvalue weighted by Crippen LogP contribution is 2.25. The fourth-order valence-corrected chi connectivity index (χ4v) is 3.35. The summed E-state index contributed by atoms with van der Waals surface area (Å²) in [5.41, 5.74) is 0.210. The Balaban J connectivity index is 1.94. The van der Waals surface area contributed by atoms with E-state index >= 15 is 0 Å². The van der Waals surface area contributed by atoms with Crippen molar-refractivity contribution in [1.29, 1.82) is 0 Å². The molecule has 0 spiro atoms. The number of hydrogen-bond acceptors (Lipinski definition) is 3.